The molecule has 0 unspecified atom stereocenters. The summed E-state index contributed by atoms with van der Waals surface area (Å²) in [5, 5.41) is 6.41. The van der Waals surface area contributed by atoms with Crippen molar-refractivity contribution in [3.8, 4) is 5.88 Å². The summed E-state index contributed by atoms with van der Waals surface area (Å²) >= 11 is 0. The lowest BCUT2D eigenvalue weighted by Crippen LogP contribution is -2.08. The standard InChI is InChI=1S/C14H19N5O/c1-4-11-13(15-2)18-9-19-14(11)17-8-10-5-6-16-12(7-10)20-3/h5-7,9H,4,8H2,1-3H3,(H2,15,17,18,19). The van der Waals surface area contributed by atoms with Gasteiger partial charge in [-0.15, -0.1) is 0 Å². The van der Waals surface area contributed by atoms with Gasteiger partial charge in [-0.25, -0.2) is 15.0 Å². The van der Waals surface area contributed by atoms with E-state index in [2.05, 4.69) is 32.5 Å². The fraction of sp³-hybridized carbons (Fsp3) is 0.357. The lowest BCUT2D eigenvalue weighted by atomic mass is 10.2. The molecule has 0 saturated heterocycles. The molecule has 2 aromatic rings. The first kappa shape index (κ1) is 14.0. The highest BCUT2D eigenvalue weighted by molar-refractivity contribution is 5.57. The molecule has 0 aliphatic heterocycles. The Morgan fingerprint density at radius 3 is 2.70 bits per heavy atom. The van der Waals surface area contributed by atoms with Crippen LogP contribution in [-0.2, 0) is 13.0 Å². The van der Waals surface area contributed by atoms with Gasteiger partial charge in [0.15, 0.2) is 0 Å². The van der Waals surface area contributed by atoms with Crippen LogP contribution >= 0.6 is 0 Å². The third-order valence-corrected chi connectivity index (χ3v) is 3.00. The number of nitrogens with one attached hydrogen (secondary N) is 2. The second-order valence-electron chi connectivity index (χ2n) is 4.21. The molecule has 0 bridgehead atoms. The third-order valence-electron chi connectivity index (χ3n) is 3.00. The molecule has 6 nitrogen and oxygen atoms in total. The summed E-state index contributed by atoms with van der Waals surface area (Å²) in [4.78, 5) is 12.6. The maximum Gasteiger partial charge on any atom is 0.213 e. The van der Waals surface area contributed by atoms with Gasteiger partial charge in [-0.05, 0) is 18.1 Å². The van der Waals surface area contributed by atoms with Crippen molar-refractivity contribution in [1.29, 1.82) is 0 Å². The number of hydrogen-bond acceptors (Lipinski definition) is 6. The topological polar surface area (TPSA) is 72.0 Å². The van der Waals surface area contributed by atoms with Crippen molar-refractivity contribution in [3.63, 3.8) is 0 Å². The van der Waals surface area contributed by atoms with Gasteiger partial charge < -0.3 is 15.4 Å². The molecule has 0 saturated carbocycles. The second kappa shape index (κ2) is 6.70. The van der Waals surface area contributed by atoms with E-state index in [-0.39, 0.29) is 0 Å². The third kappa shape index (κ3) is 3.14. The molecule has 20 heavy (non-hydrogen) atoms. The highest BCUT2D eigenvalue weighted by Crippen LogP contribution is 2.20. The van der Waals surface area contributed by atoms with Gasteiger partial charge in [0.1, 0.15) is 18.0 Å². The Labute approximate surface area is 118 Å². The van der Waals surface area contributed by atoms with E-state index in [4.69, 9.17) is 4.74 Å². The van der Waals surface area contributed by atoms with Crippen LogP contribution in [0.2, 0.25) is 0 Å². The van der Waals surface area contributed by atoms with Crippen LogP contribution in [0.1, 0.15) is 18.1 Å². The van der Waals surface area contributed by atoms with Gasteiger partial charge in [0.05, 0.1) is 7.11 Å². The number of methoxy groups -OCH3 is 1. The maximum atomic E-state index is 5.11. The van der Waals surface area contributed by atoms with Gasteiger partial charge in [0.2, 0.25) is 5.88 Å². The summed E-state index contributed by atoms with van der Waals surface area (Å²) in [5.74, 6) is 2.32. The molecule has 2 rings (SSSR count). The van der Waals surface area contributed by atoms with E-state index in [1.165, 1.54) is 0 Å². The van der Waals surface area contributed by atoms with E-state index in [1.807, 2.05) is 19.2 Å². The van der Waals surface area contributed by atoms with E-state index in [0.717, 1.165) is 29.2 Å². The second-order valence-corrected chi connectivity index (χ2v) is 4.21. The zero-order valence-electron chi connectivity index (χ0n) is 12.0. The lowest BCUT2D eigenvalue weighted by molar-refractivity contribution is 0.397. The number of nitrogens with zero attached hydrogens (tertiary/aromatic N) is 3. The van der Waals surface area contributed by atoms with Gasteiger partial charge in [0.25, 0.3) is 0 Å². The predicted octanol–water partition coefficient (Wildman–Crippen LogP) is 2.10. The van der Waals surface area contributed by atoms with Crippen LogP contribution in [0.15, 0.2) is 24.7 Å². The summed E-state index contributed by atoms with van der Waals surface area (Å²) in [6, 6.07) is 3.85. The van der Waals surface area contributed by atoms with E-state index < -0.39 is 0 Å². The Hall–Kier alpha value is -2.37. The number of ether oxygens (including phenoxy) is 1. The summed E-state index contributed by atoms with van der Waals surface area (Å²) in [5.41, 5.74) is 2.17. The van der Waals surface area contributed by atoms with Crippen molar-refractivity contribution in [2.45, 2.75) is 19.9 Å². The van der Waals surface area contributed by atoms with Crippen LogP contribution in [0, 0.1) is 0 Å². The van der Waals surface area contributed by atoms with Crippen molar-refractivity contribution in [3.05, 3.63) is 35.8 Å². The van der Waals surface area contributed by atoms with Gasteiger partial charge in [0, 0.05) is 31.4 Å². The molecule has 6 heteroatoms. The molecule has 0 amide bonds. The zero-order valence-corrected chi connectivity index (χ0v) is 12.0. The zero-order chi connectivity index (χ0) is 14.4. The number of aromatic nitrogens is 3. The predicted molar refractivity (Wildman–Crippen MR) is 79.1 cm³/mol. The minimum absolute atomic E-state index is 0.610. The number of hydrogen-bond donors (Lipinski definition) is 2. The van der Waals surface area contributed by atoms with Gasteiger partial charge >= 0.3 is 0 Å². The summed E-state index contributed by atoms with van der Waals surface area (Å²) in [6.45, 7) is 2.74. The smallest absolute Gasteiger partial charge is 0.213 e. The summed E-state index contributed by atoms with van der Waals surface area (Å²) in [6.07, 6.45) is 4.15. The summed E-state index contributed by atoms with van der Waals surface area (Å²) < 4.78 is 5.11. The Morgan fingerprint density at radius 1 is 1.20 bits per heavy atom. The highest BCUT2D eigenvalue weighted by Gasteiger charge is 2.08. The maximum absolute atomic E-state index is 5.11. The molecule has 0 spiro atoms. The Bertz CT molecular complexity index is 573. The van der Waals surface area contributed by atoms with Crippen molar-refractivity contribution >= 4 is 11.6 Å². The fourth-order valence-corrected chi connectivity index (χ4v) is 1.97. The minimum Gasteiger partial charge on any atom is -0.481 e. The molecule has 2 aromatic heterocycles. The molecule has 2 N–H and O–H groups in total. The van der Waals surface area contributed by atoms with Crippen molar-refractivity contribution in [1.82, 2.24) is 15.0 Å². The monoisotopic (exact) mass is 273 g/mol. The van der Waals surface area contributed by atoms with Gasteiger partial charge in [-0.3, -0.25) is 0 Å². The first-order valence-electron chi connectivity index (χ1n) is 6.52. The van der Waals surface area contributed by atoms with E-state index in [9.17, 15) is 0 Å². The van der Waals surface area contributed by atoms with Crippen LogP contribution in [0.3, 0.4) is 0 Å². The normalized spacial score (nSPS) is 10.2. The number of pyridine rings is 1. The molecule has 2 heterocycles. The van der Waals surface area contributed by atoms with Crippen LogP contribution in [-0.4, -0.2) is 29.1 Å². The molecule has 0 radical (unpaired) electrons. The highest BCUT2D eigenvalue weighted by atomic mass is 16.5. The first-order chi connectivity index (χ1) is 9.78. The molecule has 0 aliphatic rings. The molecule has 0 atom stereocenters. The van der Waals surface area contributed by atoms with Gasteiger partial charge in [-0.1, -0.05) is 6.92 Å². The van der Waals surface area contributed by atoms with Crippen molar-refractivity contribution in [2.24, 2.45) is 0 Å². The van der Waals surface area contributed by atoms with Crippen LogP contribution in [0.5, 0.6) is 5.88 Å². The average Bonchev–Trinajstić information content (AvgIpc) is 2.52. The van der Waals surface area contributed by atoms with E-state index in [0.29, 0.717) is 12.4 Å². The molecular weight excluding hydrogens is 254 g/mol. The summed E-state index contributed by atoms with van der Waals surface area (Å²) in [7, 11) is 3.47. The SMILES string of the molecule is CCc1c(NC)ncnc1NCc1ccnc(OC)c1. The lowest BCUT2D eigenvalue weighted by Gasteiger charge is -2.13. The molecule has 0 aliphatic carbocycles. The Kier molecular flexibility index (Phi) is 4.70. The Morgan fingerprint density at radius 2 is 2.00 bits per heavy atom. The molecule has 0 fully saturated rings. The van der Waals surface area contributed by atoms with Crippen LogP contribution in [0.25, 0.3) is 0 Å². The van der Waals surface area contributed by atoms with E-state index >= 15 is 0 Å². The quantitative estimate of drug-likeness (QED) is 0.839. The molecule has 0 aromatic carbocycles. The fourth-order valence-electron chi connectivity index (χ4n) is 1.97. The van der Waals surface area contributed by atoms with Crippen molar-refractivity contribution in [2.75, 3.05) is 24.8 Å². The number of rotatable bonds is 6. The van der Waals surface area contributed by atoms with Crippen LogP contribution < -0.4 is 15.4 Å². The van der Waals surface area contributed by atoms with E-state index in [1.54, 1.807) is 19.6 Å². The minimum atomic E-state index is 0.610. The average molecular weight is 273 g/mol. The van der Waals surface area contributed by atoms with Gasteiger partial charge in [-0.2, -0.15) is 0 Å². The first-order valence-corrected chi connectivity index (χ1v) is 6.52. The van der Waals surface area contributed by atoms with Crippen LogP contribution in [0.4, 0.5) is 11.6 Å². The molecular formula is C14H19N5O. The molecule has 106 valence electrons. The largest absolute Gasteiger partial charge is 0.481 e. The Balaban J connectivity index is 2.14. The van der Waals surface area contributed by atoms with Crippen molar-refractivity contribution < 1.29 is 4.74 Å². The number of anilines is 2.